The Morgan fingerprint density at radius 3 is 2.59 bits per heavy atom. The number of carbonyl (C=O) groups excluding carboxylic acids is 1. The SMILES string of the molecule is O=C(CCc1ccco1)NCCc1ccc(OC(F)F)cc1. The van der Waals surface area contributed by atoms with Gasteiger partial charge >= 0.3 is 6.61 Å². The summed E-state index contributed by atoms with van der Waals surface area (Å²) in [5.41, 5.74) is 0.938. The highest BCUT2D eigenvalue weighted by Crippen LogP contribution is 2.15. The normalized spacial score (nSPS) is 10.7. The molecule has 0 saturated heterocycles. The third-order valence-corrected chi connectivity index (χ3v) is 3.06. The van der Waals surface area contributed by atoms with Crippen molar-refractivity contribution in [1.29, 1.82) is 0 Å². The van der Waals surface area contributed by atoms with Gasteiger partial charge in [-0.05, 0) is 36.2 Å². The lowest BCUT2D eigenvalue weighted by atomic mass is 10.1. The van der Waals surface area contributed by atoms with E-state index in [9.17, 15) is 13.6 Å². The average Bonchev–Trinajstić information content (AvgIpc) is 3.00. The van der Waals surface area contributed by atoms with E-state index in [1.165, 1.54) is 12.1 Å². The molecule has 0 aliphatic rings. The van der Waals surface area contributed by atoms with E-state index in [2.05, 4.69) is 10.1 Å². The van der Waals surface area contributed by atoms with Crippen molar-refractivity contribution in [1.82, 2.24) is 5.32 Å². The van der Waals surface area contributed by atoms with Gasteiger partial charge in [0, 0.05) is 19.4 Å². The molecule has 0 bridgehead atoms. The van der Waals surface area contributed by atoms with Crippen LogP contribution in [0.1, 0.15) is 17.7 Å². The number of amides is 1. The van der Waals surface area contributed by atoms with Crippen molar-refractivity contribution in [3.8, 4) is 5.75 Å². The zero-order valence-corrected chi connectivity index (χ0v) is 11.9. The molecule has 4 nitrogen and oxygen atoms in total. The van der Waals surface area contributed by atoms with Gasteiger partial charge in [-0.1, -0.05) is 12.1 Å². The van der Waals surface area contributed by atoms with E-state index in [-0.39, 0.29) is 11.7 Å². The third kappa shape index (κ3) is 5.55. The first-order valence-corrected chi connectivity index (χ1v) is 6.96. The molecule has 0 aliphatic heterocycles. The zero-order chi connectivity index (χ0) is 15.8. The van der Waals surface area contributed by atoms with Crippen molar-refractivity contribution >= 4 is 5.91 Å². The van der Waals surface area contributed by atoms with Gasteiger partial charge in [-0.25, -0.2) is 0 Å². The van der Waals surface area contributed by atoms with Crippen LogP contribution in [-0.4, -0.2) is 19.1 Å². The van der Waals surface area contributed by atoms with E-state index < -0.39 is 6.61 Å². The predicted octanol–water partition coefficient (Wildman–Crippen LogP) is 3.17. The van der Waals surface area contributed by atoms with Crippen LogP contribution in [0.3, 0.4) is 0 Å². The smallest absolute Gasteiger partial charge is 0.387 e. The van der Waals surface area contributed by atoms with Crippen LogP contribution in [0.4, 0.5) is 8.78 Å². The first-order valence-electron chi connectivity index (χ1n) is 6.96. The Morgan fingerprint density at radius 2 is 1.95 bits per heavy atom. The Morgan fingerprint density at radius 1 is 1.18 bits per heavy atom. The molecule has 0 atom stereocenters. The van der Waals surface area contributed by atoms with Gasteiger partial charge < -0.3 is 14.5 Å². The van der Waals surface area contributed by atoms with Gasteiger partial charge in [-0.3, -0.25) is 4.79 Å². The van der Waals surface area contributed by atoms with E-state index in [0.717, 1.165) is 11.3 Å². The molecule has 1 heterocycles. The average molecular weight is 309 g/mol. The van der Waals surface area contributed by atoms with Crippen LogP contribution in [0.15, 0.2) is 47.1 Å². The van der Waals surface area contributed by atoms with Crippen molar-refractivity contribution in [2.24, 2.45) is 0 Å². The van der Waals surface area contributed by atoms with Crippen LogP contribution in [0.2, 0.25) is 0 Å². The summed E-state index contributed by atoms with van der Waals surface area (Å²) < 4.78 is 33.4. The summed E-state index contributed by atoms with van der Waals surface area (Å²) in [4.78, 5) is 11.6. The number of alkyl halides is 2. The lowest BCUT2D eigenvalue weighted by Gasteiger charge is -2.07. The highest BCUT2D eigenvalue weighted by Gasteiger charge is 2.05. The minimum Gasteiger partial charge on any atom is -0.469 e. The first-order chi connectivity index (χ1) is 10.6. The minimum atomic E-state index is -2.82. The van der Waals surface area contributed by atoms with Crippen LogP contribution in [0.5, 0.6) is 5.75 Å². The largest absolute Gasteiger partial charge is 0.469 e. The number of hydrogen-bond donors (Lipinski definition) is 1. The molecule has 22 heavy (non-hydrogen) atoms. The summed E-state index contributed by atoms with van der Waals surface area (Å²) in [6, 6.07) is 9.99. The van der Waals surface area contributed by atoms with Gasteiger partial charge in [0.25, 0.3) is 0 Å². The van der Waals surface area contributed by atoms with Crippen LogP contribution < -0.4 is 10.1 Å². The molecule has 1 amide bonds. The Kier molecular flexibility index (Phi) is 5.94. The maximum absolute atomic E-state index is 12.0. The van der Waals surface area contributed by atoms with Crippen LogP contribution in [-0.2, 0) is 17.6 Å². The fourth-order valence-corrected chi connectivity index (χ4v) is 1.96. The second-order valence-electron chi connectivity index (χ2n) is 4.70. The van der Waals surface area contributed by atoms with Crippen molar-refractivity contribution in [3.05, 3.63) is 54.0 Å². The van der Waals surface area contributed by atoms with Gasteiger partial charge in [-0.2, -0.15) is 8.78 Å². The van der Waals surface area contributed by atoms with Crippen molar-refractivity contribution in [3.63, 3.8) is 0 Å². The fraction of sp³-hybridized carbons (Fsp3) is 0.312. The van der Waals surface area contributed by atoms with Crippen LogP contribution >= 0.6 is 0 Å². The molecule has 2 rings (SSSR count). The second-order valence-corrected chi connectivity index (χ2v) is 4.70. The molecule has 0 fully saturated rings. The predicted molar refractivity (Wildman–Crippen MR) is 76.8 cm³/mol. The van der Waals surface area contributed by atoms with E-state index in [1.54, 1.807) is 24.5 Å². The van der Waals surface area contributed by atoms with Gasteiger partial charge in [0.2, 0.25) is 5.91 Å². The molecule has 0 unspecified atom stereocenters. The molecule has 1 N–H and O–H groups in total. The number of halogens is 2. The number of rotatable bonds is 8. The van der Waals surface area contributed by atoms with E-state index in [0.29, 0.717) is 25.8 Å². The van der Waals surface area contributed by atoms with Gasteiger partial charge in [0.05, 0.1) is 6.26 Å². The number of benzene rings is 1. The molecular formula is C16H17F2NO3. The highest BCUT2D eigenvalue weighted by atomic mass is 19.3. The molecule has 0 saturated carbocycles. The summed E-state index contributed by atoms with van der Waals surface area (Å²) in [5.74, 6) is 0.861. The summed E-state index contributed by atoms with van der Waals surface area (Å²) in [7, 11) is 0. The summed E-state index contributed by atoms with van der Waals surface area (Å²) in [5, 5.41) is 2.81. The van der Waals surface area contributed by atoms with Crippen molar-refractivity contribution < 1.29 is 22.7 Å². The number of furan rings is 1. The molecule has 0 aliphatic carbocycles. The standard InChI is InChI=1S/C16H17F2NO3/c17-16(18)22-14-5-3-12(4-6-14)9-10-19-15(20)8-7-13-2-1-11-21-13/h1-6,11,16H,7-10H2,(H,19,20). The van der Waals surface area contributed by atoms with Crippen LogP contribution in [0, 0.1) is 0 Å². The number of aryl methyl sites for hydroxylation is 1. The van der Waals surface area contributed by atoms with Crippen LogP contribution in [0.25, 0.3) is 0 Å². The molecule has 1 aromatic heterocycles. The maximum Gasteiger partial charge on any atom is 0.387 e. The Labute approximate surface area is 127 Å². The minimum absolute atomic E-state index is 0.0472. The molecular weight excluding hydrogens is 292 g/mol. The molecule has 2 aromatic rings. The van der Waals surface area contributed by atoms with Crippen molar-refractivity contribution in [2.45, 2.75) is 25.9 Å². The summed E-state index contributed by atoms with van der Waals surface area (Å²) in [6.07, 6.45) is 3.14. The Balaban J connectivity index is 1.66. The third-order valence-electron chi connectivity index (χ3n) is 3.06. The number of hydrogen-bond acceptors (Lipinski definition) is 3. The van der Waals surface area contributed by atoms with E-state index in [4.69, 9.17) is 4.42 Å². The number of nitrogens with one attached hydrogen (secondary N) is 1. The van der Waals surface area contributed by atoms with Gasteiger partial charge in [0.15, 0.2) is 0 Å². The maximum atomic E-state index is 12.0. The molecule has 6 heteroatoms. The monoisotopic (exact) mass is 309 g/mol. The summed E-state index contributed by atoms with van der Waals surface area (Å²) >= 11 is 0. The lowest BCUT2D eigenvalue weighted by molar-refractivity contribution is -0.121. The number of ether oxygens (including phenoxy) is 1. The van der Waals surface area contributed by atoms with Gasteiger partial charge in [-0.15, -0.1) is 0 Å². The topological polar surface area (TPSA) is 51.5 Å². The van der Waals surface area contributed by atoms with Crippen molar-refractivity contribution in [2.75, 3.05) is 6.54 Å². The molecule has 0 radical (unpaired) electrons. The van der Waals surface area contributed by atoms with Gasteiger partial charge in [0.1, 0.15) is 11.5 Å². The Bertz CT molecular complexity index is 568. The summed E-state index contributed by atoms with van der Waals surface area (Å²) in [6.45, 7) is -2.33. The Hall–Kier alpha value is -2.37. The lowest BCUT2D eigenvalue weighted by Crippen LogP contribution is -2.25. The highest BCUT2D eigenvalue weighted by molar-refractivity contribution is 5.76. The second kappa shape index (κ2) is 8.17. The van der Waals surface area contributed by atoms with E-state index >= 15 is 0 Å². The molecule has 0 spiro atoms. The zero-order valence-electron chi connectivity index (χ0n) is 11.9. The molecule has 118 valence electrons. The molecule has 1 aromatic carbocycles. The van der Waals surface area contributed by atoms with E-state index in [1.807, 2.05) is 6.07 Å². The fourth-order valence-electron chi connectivity index (χ4n) is 1.96. The number of carbonyl (C=O) groups is 1. The quantitative estimate of drug-likeness (QED) is 0.815. The first kappa shape index (κ1) is 16.0.